The fourth-order valence-corrected chi connectivity index (χ4v) is 4.05. The summed E-state index contributed by atoms with van der Waals surface area (Å²) in [5, 5.41) is 5.19. The molecule has 24 heavy (non-hydrogen) atoms. The van der Waals surface area contributed by atoms with Crippen molar-refractivity contribution in [1.29, 1.82) is 0 Å². The van der Waals surface area contributed by atoms with Crippen LogP contribution in [0.2, 0.25) is 0 Å². The zero-order valence-electron chi connectivity index (χ0n) is 14.4. The molecule has 0 unspecified atom stereocenters. The third-order valence-corrected chi connectivity index (χ3v) is 5.58. The highest BCUT2D eigenvalue weighted by atomic mass is 32.1. The van der Waals surface area contributed by atoms with Crippen LogP contribution in [0.4, 0.5) is 0 Å². The molecule has 6 heteroatoms. The van der Waals surface area contributed by atoms with Gasteiger partial charge in [-0.25, -0.2) is 0 Å². The molecular formula is C18H24N2O3S. The van der Waals surface area contributed by atoms with Crippen molar-refractivity contribution < 1.29 is 13.9 Å². The Balaban J connectivity index is 1.72. The van der Waals surface area contributed by atoms with Crippen LogP contribution in [0.15, 0.2) is 21.9 Å². The summed E-state index contributed by atoms with van der Waals surface area (Å²) < 4.78 is 11.0. The van der Waals surface area contributed by atoms with Crippen LogP contribution in [0, 0.1) is 20.8 Å². The molecule has 1 aliphatic rings. The molecule has 2 aromatic rings. The highest BCUT2D eigenvalue weighted by Crippen LogP contribution is 2.26. The second kappa shape index (κ2) is 7.51. The third kappa shape index (κ3) is 3.55. The Morgan fingerprint density at radius 1 is 1.29 bits per heavy atom. The van der Waals surface area contributed by atoms with E-state index in [2.05, 4.69) is 27.7 Å². The number of carbonyl (C=O) groups excluding carboxylic acids is 1. The van der Waals surface area contributed by atoms with Gasteiger partial charge < -0.3 is 14.5 Å². The number of amides is 1. The van der Waals surface area contributed by atoms with Gasteiger partial charge in [0.15, 0.2) is 0 Å². The molecule has 0 radical (unpaired) electrons. The van der Waals surface area contributed by atoms with Gasteiger partial charge in [0, 0.05) is 30.1 Å². The van der Waals surface area contributed by atoms with Crippen molar-refractivity contribution in [3.63, 3.8) is 0 Å². The zero-order valence-corrected chi connectivity index (χ0v) is 15.2. The van der Waals surface area contributed by atoms with Gasteiger partial charge in [0.1, 0.15) is 11.5 Å². The van der Waals surface area contributed by atoms with Crippen LogP contribution in [0.1, 0.15) is 38.4 Å². The Kier molecular flexibility index (Phi) is 5.38. The minimum Gasteiger partial charge on any atom is -0.466 e. The summed E-state index contributed by atoms with van der Waals surface area (Å²) in [6.07, 6.45) is 0. The molecule has 0 saturated carbocycles. The quantitative estimate of drug-likeness (QED) is 0.902. The Bertz CT molecular complexity index is 687. The SMILES string of the molecule is Cc1oc(C)c(C(=O)NC[C@@H](c2cccs2)N2CCOCC2)c1C. The lowest BCUT2D eigenvalue weighted by Crippen LogP contribution is -2.43. The minimum atomic E-state index is -0.0586. The Labute approximate surface area is 146 Å². The predicted octanol–water partition coefficient (Wildman–Crippen LogP) is 3.07. The van der Waals surface area contributed by atoms with Crippen LogP contribution >= 0.6 is 11.3 Å². The maximum atomic E-state index is 12.6. The van der Waals surface area contributed by atoms with Crippen LogP contribution < -0.4 is 5.32 Å². The number of thiophene rings is 1. The fraction of sp³-hybridized carbons (Fsp3) is 0.500. The monoisotopic (exact) mass is 348 g/mol. The molecule has 5 nitrogen and oxygen atoms in total. The largest absolute Gasteiger partial charge is 0.466 e. The van der Waals surface area contributed by atoms with Crippen LogP contribution in [-0.2, 0) is 4.74 Å². The average Bonchev–Trinajstić information content (AvgIpc) is 3.18. The molecule has 1 N–H and O–H groups in total. The van der Waals surface area contributed by atoms with Gasteiger partial charge in [0.05, 0.1) is 24.8 Å². The first-order valence-electron chi connectivity index (χ1n) is 8.28. The number of ether oxygens (including phenoxy) is 1. The van der Waals surface area contributed by atoms with Gasteiger partial charge in [-0.3, -0.25) is 9.69 Å². The first-order chi connectivity index (χ1) is 11.6. The number of carbonyl (C=O) groups is 1. The van der Waals surface area contributed by atoms with E-state index in [9.17, 15) is 4.79 Å². The normalized spacial score (nSPS) is 17.0. The Morgan fingerprint density at radius 3 is 2.62 bits per heavy atom. The lowest BCUT2D eigenvalue weighted by molar-refractivity contribution is 0.0169. The first kappa shape index (κ1) is 17.2. The van der Waals surface area contributed by atoms with Crippen molar-refractivity contribution in [2.24, 2.45) is 0 Å². The van der Waals surface area contributed by atoms with E-state index in [1.165, 1.54) is 4.88 Å². The molecule has 1 fully saturated rings. The van der Waals surface area contributed by atoms with Crippen molar-refractivity contribution in [3.05, 3.63) is 45.0 Å². The molecule has 0 aliphatic carbocycles. The number of furan rings is 1. The van der Waals surface area contributed by atoms with E-state index in [1.54, 1.807) is 11.3 Å². The van der Waals surface area contributed by atoms with E-state index in [-0.39, 0.29) is 11.9 Å². The van der Waals surface area contributed by atoms with Crippen LogP contribution in [0.3, 0.4) is 0 Å². The van der Waals surface area contributed by atoms with Crippen LogP contribution in [0.25, 0.3) is 0 Å². The maximum absolute atomic E-state index is 12.6. The summed E-state index contributed by atoms with van der Waals surface area (Å²) in [4.78, 5) is 16.3. The van der Waals surface area contributed by atoms with Crippen molar-refractivity contribution in [2.75, 3.05) is 32.8 Å². The summed E-state index contributed by atoms with van der Waals surface area (Å²) in [6.45, 7) is 9.52. The number of nitrogens with zero attached hydrogens (tertiary/aromatic N) is 1. The Morgan fingerprint density at radius 2 is 2.04 bits per heavy atom. The van der Waals surface area contributed by atoms with Crippen molar-refractivity contribution in [1.82, 2.24) is 10.2 Å². The van der Waals surface area contributed by atoms with E-state index in [0.717, 1.165) is 37.6 Å². The van der Waals surface area contributed by atoms with E-state index in [1.807, 2.05) is 20.8 Å². The summed E-state index contributed by atoms with van der Waals surface area (Å²) in [5.74, 6) is 1.43. The van der Waals surface area contributed by atoms with Crippen molar-refractivity contribution >= 4 is 17.2 Å². The van der Waals surface area contributed by atoms with Crippen molar-refractivity contribution in [2.45, 2.75) is 26.8 Å². The molecule has 3 heterocycles. The zero-order chi connectivity index (χ0) is 17.1. The Hall–Kier alpha value is -1.63. The highest BCUT2D eigenvalue weighted by Gasteiger charge is 2.25. The summed E-state index contributed by atoms with van der Waals surface area (Å²) in [5.41, 5.74) is 1.59. The minimum absolute atomic E-state index is 0.0586. The molecule has 0 spiro atoms. The number of rotatable bonds is 5. The molecule has 3 rings (SSSR count). The second-order valence-corrected chi connectivity index (χ2v) is 7.08. The first-order valence-corrected chi connectivity index (χ1v) is 9.16. The van der Waals surface area contributed by atoms with E-state index >= 15 is 0 Å². The maximum Gasteiger partial charge on any atom is 0.255 e. The average molecular weight is 348 g/mol. The molecule has 130 valence electrons. The van der Waals surface area contributed by atoms with Gasteiger partial charge in [-0.15, -0.1) is 11.3 Å². The molecule has 1 amide bonds. The molecule has 1 aliphatic heterocycles. The van der Waals surface area contributed by atoms with Gasteiger partial charge in [0.2, 0.25) is 0 Å². The number of hydrogen-bond donors (Lipinski definition) is 1. The van der Waals surface area contributed by atoms with Crippen molar-refractivity contribution in [3.8, 4) is 0 Å². The lowest BCUT2D eigenvalue weighted by atomic mass is 10.1. The highest BCUT2D eigenvalue weighted by molar-refractivity contribution is 7.10. The van der Waals surface area contributed by atoms with Gasteiger partial charge >= 0.3 is 0 Å². The smallest absolute Gasteiger partial charge is 0.255 e. The molecular weight excluding hydrogens is 324 g/mol. The number of hydrogen-bond acceptors (Lipinski definition) is 5. The molecule has 0 bridgehead atoms. The van der Waals surface area contributed by atoms with E-state index in [0.29, 0.717) is 17.9 Å². The lowest BCUT2D eigenvalue weighted by Gasteiger charge is -2.34. The summed E-state index contributed by atoms with van der Waals surface area (Å²) in [6, 6.07) is 4.38. The van der Waals surface area contributed by atoms with Gasteiger partial charge in [-0.05, 0) is 32.2 Å². The van der Waals surface area contributed by atoms with E-state index < -0.39 is 0 Å². The standard InChI is InChI=1S/C18H24N2O3S/c1-12-13(2)23-14(3)17(12)18(21)19-11-15(16-5-4-10-24-16)20-6-8-22-9-7-20/h4-5,10,15H,6-9,11H2,1-3H3,(H,19,21)/t15-/m0/s1. The van der Waals surface area contributed by atoms with Gasteiger partial charge in [-0.1, -0.05) is 6.07 Å². The topological polar surface area (TPSA) is 54.7 Å². The van der Waals surface area contributed by atoms with Crippen LogP contribution in [0.5, 0.6) is 0 Å². The second-order valence-electron chi connectivity index (χ2n) is 6.10. The predicted molar refractivity (Wildman–Crippen MR) is 94.7 cm³/mol. The van der Waals surface area contributed by atoms with Gasteiger partial charge in [0.25, 0.3) is 5.91 Å². The summed E-state index contributed by atoms with van der Waals surface area (Å²) >= 11 is 1.73. The van der Waals surface area contributed by atoms with Gasteiger partial charge in [-0.2, -0.15) is 0 Å². The number of nitrogens with one attached hydrogen (secondary N) is 1. The number of morpholine rings is 1. The molecule has 1 saturated heterocycles. The number of aryl methyl sites for hydroxylation is 2. The third-order valence-electron chi connectivity index (χ3n) is 4.60. The van der Waals surface area contributed by atoms with Crippen LogP contribution in [-0.4, -0.2) is 43.7 Å². The van der Waals surface area contributed by atoms with E-state index in [4.69, 9.17) is 9.15 Å². The fourth-order valence-electron chi connectivity index (χ4n) is 3.18. The molecule has 1 atom stereocenters. The summed E-state index contributed by atoms with van der Waals surface area (Å²) in [7, 11) is 0. The molecule has 2 aromatic heterocycles. The molecule has 0 aromatic carbocycles.